The van der Waals surface area contributed by atoms with E-state index in [1.807, 2.05) is 0 Å². The van der Waals surface area contributed by atoms with Crippen molar-refractivity contribution in [1.29, 1.82) is 0 Å². The van der Waals surface area contributed by atoms with Gasteiger partial charge in [-0.2, -0.15) is 4.31 Å². The molecule has 0 spiro atoms. The molecule has 0 aromatic carbocycles. The molecule has 5 nitrogen and oxygen atoms in total. The van der Waals surface area contributed by atoms with Crippen molar-refractivity contribution in [2.24, 2.45) is 11.7 Å². The van der Waals surface area contributed by atoms with E-state index in [4.69, 9.17) is 18.0 Å². The summed E-state index contributed by atoms with van der Waals surface area (Å²) in [5.41, 5.74) is 5.89. The quantitative estimate of drug-likeness (QED) is 0.856. The van der Waals surface area contributed by atoms with Crippen molar-refractivity contribution >= 4 is 27.2 Å². The zero-order valence-corrected chi connectivity index (χ0v) is 13.1. The Morgan fingerprint density at radius 2 is 2.15 bits per heavy atom. The highest BCUT2D eigenvalue weighted by molar-refractivity contribution is 7.89. The molecule has 1 saturated heterocycles. The van der Waals surface area contributed by atoms with Crippen LogP contribution in [0.5, 0.6) is 0 Å². The third kappa shape index (κ3) is 3.34. The predicted octanol–water partition coefficient (Wildman–Crippen LogP) is 1.53. The van der Waals surface area contributed by atoms with Crippen LogP contribution in [0.15, 0.2) is 23.2 Å². The summed E-state index contributed by atoms with van der Waals surface area (Å²) in [6.07, 6.45) is 4.21. The normalized spacial score (nSPS) is 21.4. The average Bonchev–Trinajstić information content (AvgIpc) is 2.64. The number of nitrogens with two attached hydrogens (primary N) is 1. The topological polar surface area (TPSA) is 76.3 Å². The predicted molar refractivity (Wildman–Crippen MR) is 81.9 cm³/mol. The summed E-state index contributed by atoms with van der Waals surface area (Å²) in [6, 6.07) is 3.07. The first-order valence-corrected chi connectivity index (χ1v) is 8.52. The van der Waals surface area contributed by atoms with Crippen LogP contribution in [0.1, 0.15) is 31.9 Å². The van der Waals surface area contributed by atoms with Crippen molar-refractivity contribution in [3.63, 3.8) is 0 Å². The van der Waals surface area contributed by atoms with Crippen LogP contribution >= 0.6 is 12.2 Å². The summed E-state index contributed by atoms with van der Waals surface area (Å²) in [5, 5.41) is 0. The molecule has 0 radical (unpaired) electrons. The van der Waals surface area contributed by atoms with Crippen LogP contribution in [0.4, 0.5) is 0 Å². The molecule has 20 heavy (non-hydrogen) atoms. The van der Waals surface area contributed by atoms with E-state index in [2.05, 4.69) is 11.9 Å². The lowest BCUT2D eigenvalue weighted by Crippen LogP contribution is -2.32. The average molecular weight is 313 g/mol. The van der Waals surface area contributed by atoms with E-state index < -0.39 is 10.0 Å². The van der Waals surface area contributed by atoms with Gasteiger partial charge in [-0.25, -0.2) is 8.42 Å². The minimum absolute atomic E-state index is 0.164. The molecule has 1 aromatic rings. The molecule has 7 heteroatoms. The standard InChI is InChI=1S/C13H19N3O2S2/c1-10-3-2-7-16(8-6-10)20(17,18)11-4-5-12(13(14)19)15-9-11/h4-5,9-10H,2-3,6-8H2,1H3,(H2,14,19). The van der Waals surface area contributed by atoms with Crippen molar-refractivity contribution in [1.82, 2.24) is 9.29 Å². The lowest BCUT2D eigenvalue weighted by Gasteiger charge is -2.19. The summed E-state index contributed by atoms with van der Waals surface area (Å²) < 4.78 is 26.6. The van der Waals surface area contributed by atoms with Crippen LogP contribution in [0.3, 0.4) is 0 Å². The van der Waals surface area contributed by atoms with E-state index in [0.29, 0.717) is 24.7 Å². The Kier molecular flexibility index (Phi) is 4.72. The SMILES string of the molecule is CC1CCCN(S(=O)(=O)c2ccc(C(N)=S)nc2)CC1. The highest BCUT2D eigenvalue weighted by Crippen LogP contribution is 2.22. The maximum absolute atomic E-state index is 12.5. The van der Waals surface area contributed by atoms with Crippen molar-refractivity contribution in [3.05, 3.63) is 24.0 Å². The second-order valence-electron chi connectivity index (χ2n) is 5.18. The molecular formula is C13H19N3O2S2. The number of pyridine rings is 1. The van der Waals surface area contributed by atoms with Crippen LogP contribution < -0.4 is 5.73 Å². The van der Waals surface area contributed by atoms with Crippen molar-refractivity contribution < 1.29 is 8.42 Å². The van der Waals surface area contributed by atoms with Gasteiger partial charge in [-0.05, 0) is 37.3 Å². The molecule has 1 atom stereocenters. The molecule has 2 heterocycles. The second-order valence-corrected chi connectivity index (χ2v) is 7.56. The van der Waals surface area contributed by atoms with Crippen molar-refractivity contribution in [3.8, 4) is 0 Å². The summed E-state index contributed by atoms with van der Waals surface area (Å²) in [4.78, 5) is 4.37. The minimum Gasteiger partial charge on any atom is -0.388 e. The molecule has 2 rings (SSSR count). The van der Waals surface area contributed by atoms with Gasteiger partial charge in [0, 0.05) is 19.3 Å². The fourth-order valence-electron chi connectivity index (χ4n) is 2.30. The minimum atomic E-state index is -3.46. The third-order valence-corrected chi connectivity index (χ3v) is 5.69. The molecule has 2 N–H and O–H groups in total. The van der Waals surface area contributed by atoms with Crippen LogP contribution in [-0.4, -0.2) is 35.8 Å². The highest BCUT2D eigenvalue weighted by Gasteiger charge is 2.26. The zero-order chi connectivity index (χ0) is 14.8. The van der Waals surface area contributed by atoms with Gasteiger partial charge < -0.3 is 5.73 Å². The van der Waals surface area contributed by atoms with Gasteiger partial charge in [-0.15, -0.1) is 0 Å². The molecule has 1 fully saturated rings. The van der Waals surface area contributed by atoms with E-state index >= 15 is 0 Å². The smallest absolute Gasteiger partial charge is 0.244 e. The second kappa shape index (κ2) is 6.15. The van der Waals surface area contributed by atoms with Gasteiger partial charge in [0.25, 0.3) is 0 Å². The molecule has 0 amide bonds. The van der Waals surface area contributed by atoms with E-state index in [1.165, 1.54) is 12.3 Å². The van der Waals surface area contributed by atoms with Crippen LogP contribution in [0.2, 0.25) is 0 Å². The third-order valence-electron chi connectivity index (χ3n) is 3.60. The number of aromatic nitrogens is 1. The van der Waals surface area contributed by atoms with Crippen LogP contribution in [0, 0.1) is 5.92 Å². The first-order valence-electron chi connectivity index (χ1n) is 6.67. The van der Waals surface area contributed by atoms with E-state index in [9.17, 15) is 8.42 Å². The molecule has 1 aliphatic heterocycles. The Morgan fingerprint density at radius 3 is 2.75 bits per heavy atom. The number of rotatable bonds is 3. The van der Waals surface area contributed by atoms with Gasteiger partial charge in [0.2, 0.25) is 10.0 Å². The lowest BCUT2D eigenvalue weighted by atomic mass is 10.0. The largest absolute Gasteiger partial charge is 0.388 e. The van der Waals surface area contributed by atoms with Crippen molar-refractivity contribution in [2.45, 2.75) is 31.1 Å². The Labute approximate surface area is 125 Å². The molecule has 1 unspecified atom stereocenters. The molecule has 0 bridgehead atoms. The van der Waals surface area contributed by atoms with Gasteiger partial charge in [0.15, 0.2) is 0 Å². The number of hydrogen-bond acceptors (Lipinski definition) is 4. The van der Waals surface area contributed by atoms with Gasteiger partial charge in [-0.1, -0.05) is 19.1 Å². The Hall–Kier alpha value is -1.05. The summed E-state index contributed by atoms with van der Waals surface area (Å²) in [6.45, 7) is 3.30. The van der Waals surface area contributed by atoms with Gasteiger partial charge in [0.05, 0.1) is 5.69 Å². The zero-order valence-electron chi connectivity index (χ0n) is 11.4. The molecular weight excluding hydrogens is 294 g/mol. The van der Waals surface area contributed by atoms with E-state index in [-0.39, 0.29) is 9.88 Å². The first-order chi connectivity index (χ1) is 9.41. The maximum Gasteiger partial charge on any atom is 0.244 e. The molecule has 1 aliphatic rings. The first kappa shape index (κ1) is 15.3. The number of sulfonamides is 1. The highest BCUT2D eigenvalue weighted by atomic mass is 32.2. The Morgan fingerprint density at radius 1 is 1.40 bits per heavy atom. The van der Waals surface area contributed by atoms with Crippen molar-refractivity contribution in [2.75, 3.05) is 13.1 Å². The monoisotopic (exact) mass is 313 g/mol. The number of nitrogens with zero attached hydrogens (tertiary/aromatic N) is 2. The number of hydrogen-bond donors (Lipinski definition) is 1. The molecule has 0 saturated carbocycles. The summed E-state index contributed by atoms with van der Waals surface area (Å²) in [5.74, 6) is 0.574. The molecule has 1 aromatic heterocycles. The Balaban J connectivity index is 2.23. The van der Waals surface area contributed by atoms with Gasteiger partial charge >= 0.3 is 0 Å². The lowest BCUT2D eigenvalue weighted by molar-refractivity contribution is 0.416. The van der Waals surface area contributed by atoms with Gasteiger partial charge in [0.1, 0.15) is 9.88 Å². The van der Waals surface area contributed by atoms with Gasteiger partial charge in [-0.3, -0.25) is 4.98 Å². The van der Waals surface area contributed by atoms with Crippen LogP contribution in [-0.2, 0) is 10.0 Å². The van der Waals surface area contributed by atoms with E-state index in [0.717, 1.165) is 19.3 Å². The fourth-order valence-corrected chi connectivity index (χ4v) is 3.86. The number of thiocarbonyl (C=S) groups is 1. The fraction of sp³-hybridized carbons (Fsp3) is 0.538. The van der Waals surface area contributed by atoms with E-state index in [1.54, 1.807) is 10.4 Å². The molecule has 110 valence electrons. The summed E-state index contributed by atoms with van der Waals surface area (Å²) in [7, 11) is -3.46. The maximum atomic E-state index is 12.5. The van der Waals surface area contributed by atoms with Crippen LogP contribution in [0.25, 0.3) is 0 Å². The molecule has 0 aliphatic carbocycles. The Bertz CT molecular complexity index is 584. The summed E-state index contributed by atoms with van der Waals surface area (Å²) >= 11 is 4.81.